The molecule has 4 heteroatoms. The zero-order valence-electron chi connectivity index (χ0n) is 13.3. The van der Waals surface area contributed by atoms with Crippen LogP contribution in [0.4, 0.5) is 0 Å². The molecule has 1 aromatic rings. The Balaban J connectivity index is 1.93. The second-order valence-corrected chi connectivity index (χ2v) is 5.71. The molecule has 21 heavy (non-hydrogen) atoms. The van der Waals surface area contributed by atoms with Crippen LogP contribution >= 0.6 is 0 Å². The molecule has 0 bridgehead atoms. The van der Waals surface area contributed by atoms with Crippen molar-refractivity contribution in [2.24, 2.45) is 0 Å². The van der Waals surface area contributed by atoms with Gasteiger partial charge in [-0.25, -0.2) is 0 Å². The lowest BCUT2D eigenvalue weighted by molar-refractivity contribution is -0.132. The highest BCUT2D eigenvalue weighted by atomic mass is 16.2. The quantitative estimate of drug-likeness (QED) is 0.895. The van der Waals surface area contributed by atoms with Gasteiger partial charge in [-0.2, -0.15) is 0 Å². The molecule has 1 fully saturated rings. The summed E-state index contributed by atoms with van der Waals surface area (Å²) in [6.45, 7) is 10.2. The minimum atomic E-state index is 0.239. The highest BCUT2D eigenvalue weighted by Gasteiger charge is 2.17. The second-order valence-electron chi connectivity index (χ2n) is 5.71. The third kappa shape index (κ3) is 4.83. The molecule has 0 spiro atoms. The fourth-order valence-electron chi connectivity index (χ4n) is 2.72. The van der Waals surface area contributed by atoms with E-state index in [2.05, 4.69) is 36.2 Å². The molecule has 1 aliphatic rings. The van der Waals surface area contributed by atoms with Crippen molar-refractivity contribution in [1.82, 2.24) is 15.1 Å². The normalized spacial score (nSPS) is 16.5. The first-order chi connectivity index (χ1) is 10.2. The van der Waals surface area contributed by atoms with Crippen LogP contribution < -0.4 is 5.32 Å². The molecule has 0 unspecified atom stereocenters. The molecule has 0 aliphatic carbocycles. The standard InChI is InChI=1S/C17H27N3O/c1-3-20(13-16-8-5-4-7-15(16)2)17(21)14-19-11-6-9-18-10-12-19/h4-5,7-8,18H,3,6,9-14H2,1-2H3. The van der Waals surface area contributed by atoms with E-state index in [1.54, 1.807) is 0 Å². The minimum Gasteiger partial charge on any atom is -0.338 e. The van der Waals surface area contributed by atoms with Crippen LogP contribution in [0.25, 0.3) is 0 Å². The van der Waals surface area contributed by atoms with Crippen molar-refractivity contribution in [1.29, 1.82) is 0 Å². The smallest absolute Gasteiger partial charge is 0.237 e. The Bertz CT molecular complexity index is 453. The van der Waals surface area contributed by atoms with E-state index in [-0.39, 0.29) is 5.91 Å². The Kier molecular flexibility index (Phi) is 6.21. The number of benzene rings is 1. The van der Waals surface area contributed by atoms with Crippen molar-refractivity contribution in [3.8, 4) is 0 Å². The van der Waals surface area contributed by atoms with Crippen molar-refractivity contribution in [2.45, 2.75) is 26.8 Å². The number of rotatable bonds is 5. The number of hydrogen-bond acceptors (Lipinski definition) is 3. The predicted octanol–water partition coefficient (Wildman–Crippen LogP) is 1.64. The summed E-state index contributed by atoms with van der Waals surface area (Å²) < 4.78 is 0. The van der Waals surface area contributed by atoms with Crippen molar-refractivity contribution < 1.29 is 4.79 Å². The first-order valence-corrected chi connectivity index (χ1v) is 7.96. The van der Waals surface area contributed by atoms with Crippen LogP contribution in [-0.4, -0.2) is 55.0 Å². The molecule has 0 saturated carbocycles. The van der Waals surface area contributed by atoms with E-state index in [1.165, 1.54) is 11.1 Å². The maximum absolute atomic E-state index is 12.5. The van der Waals surface area contributed by atoms with Gasteiger partial charge >= 0.3 is 0 Å². The molecule has 1 N–H and O–H groups in total. The Morgan fingerprint density at radius 3 is 2.86 bits per heavy atom. The number of nitrogens with one attached hydrogen (secondary N) is 1. The SMILES string of the molecule is CCN(Cc1ccccc1C)C(=O)CN1CCCNCC1. The molecular formula is C17H27N3O. The zero-order chi connectivity index (χ0) is 15.1. The van der Waals surface area contributed by atoms with E-state index in [9.17, 15) is 4.79 Å². The topological polar surface area (TPSA) is 35.6 Å². The summed E-state index contributed by atoms with van der Waals surface area (Å²) in [6, 6.07) is 8.30. The first kappa shape index (κ1) is 16.0. The Morgan fingerprint density at radius 1 is 1.29 bits per heavy atom. The fraction of sp³-hybridized carbons (Fsp3) is 0.588. The monoisotopic (exact) mass is 289 g/mol. The summed E-state index contributed by atoms with van der Waals surface area (Å²) in [5, 5.41) is 3.37. The molecule has 1 saturated heterocycles. The van der Waals surface area contributed by atoms with Crippen LogP contribution in [0.3, 0.4) is 0 Å². The second kappa shape index (κ2) is 8.15. The van der Waals surface area contributed by atoms with Crippen LogP contribution in [0.15, 0.2) is 24.3 Å². The number of nitrogens with zero attached hydrogens (tertiary/aromatic N) is 2. The van der Waals surface area contributed by atoms with Crippen molar-refractivity contribution in [3.63, 3.8) is 0 Å². The highest BCUT2D eigenvalue weighted by Crippen LogP contribution is 2.11. The van der Waals surface area contributed by atoms with Crippen molar-refractivity contribution in [3.05, 3.63) is 35.4 Å². The predicted molar refractivity (Wildman–Crippen MR) is 86.2 cm³/mol. The maximum atomic E-state index is 12.5. The molecule has 1 heterocycles. The Hall–Kier alpha value is -1.39. The highest BCUT2D eigenvalue weighted by molar-refractivity contribution is 5.78. The third-order valence-electron chi connectivity index (χ3n) is 4.15. The van der Waals surface area contributed by atoms with E-state index in [0.29, 0.717) is 13.1 Å². The first-order valence-electron chi connectivity index (χ1n) is 7.96. The van der Waals surface area contributed by atoms with Gasteiger partial charge in [-0.3, -0.25) is 9.69 Å². The lowest BCUT2D eigenvalue weighted by atomic mass is 10.1. The van der Waals surface area contributed by atoms with E-state index in [4.69, 9.17) is 0 Å². The lowest BCUT2D eigenvalue weighted by Gasteiger charge is -2.26. The summed E-state index contributed by atoms with van der Waals surface area (Å²) in [7, 11) is 0. The number of carbonyl (C=O) groups excluding carboxylic acids is 1. The van der Waals surface area contributed by atoms with Gasteiger partial charge in [0.1, 0.15) is 0 Å². The molecule has 116 valence electrons. The van der Waals surface area contributed by atoms with Gasteiger partial charge in [0.05, 0.1) is 6.54 Å². The molecule has 0 atom stereocenters. The van der Waals surface area contributed by atoms with Crippen LogP contribution in [0.2, 0.25) is 0 Å². The third-order valence-corrected chi connectivity index (χ3v) is 4.15. The minimum absolute atomic E-state index is 0.239. The molecule has 1 amide bonds. The Morgan fingerprint density at radius 2 is 2.10 bits per heavy atom. The summed E-state index contributed by atoms with van der Waals surface area (Å²) in [6.07, 6.45) is 1.12. The van der Waals surface area contributed by atoms with Crippen molar-refractivity contribution in [2.75, 3.05) is 39.3 Å². The van der Waals surface area contributed by atoms with Gasteiger partial charge in [-0.1, -0.05) is 24.3 Å². The van der Waals surface area contributed by atoms with Crippen LogP contribution in [0, 0.1) is 6.92 Å². The summed E-state index contributed by atoms with van der Waals surface area (Å²) >= 11 is 0. The van der Waals surface area contributed by atoms with Gasteiger partial charge in [0.2, 0.25) is 5.91 Å². The van der Waals surface area contributed by atoms with E-state index in [1.807, 2.05) is 17.0 Å². The molecule has 4 nitrogen and oxygen atoms in total. The average molecular weight is 289 g/mol. The Labute approximate surface area is 128 Å². The molecule has 0 radical (unpaired) electrons. The average Bonchev–Trinajstić information content (AvgIpc) is 2.75. The largest absolute Gasteiger partial charge is 0.338 e. The maximum Gasteiger partial charge on any atom is 0.237 e. The number of aryl methyl sites for hydroxylation is 1. The van der Waals surface area contributed by atoms with Gasteiger partial charge in [-0.15, -0.1) is 0 Å². The molecule has 1 aliphatic heterocycles. The number of amides is 1. The van der Waals surface area contributed by atoms with Gasteiger partial charge < -0.3 is 10.2 Å². The number of likely N-dealkylation sites (N-methyl/N-ethyl adjacent to an activating group) is 1. The zero-order valence-corrected chi connectivity index (χ0v) is 13.3. The van der Waals surface area contributed by atoms with Gasteiger partial charge in [0, 0.05) is 26.2 Å². The molecule has 1 aromatic carbocycles. The molecule has 0 aromatic heterocycles. The lowest BCUT2D eigenvalue weighted by Crippen LogP contribution is -2.41. The van der Waals surface area contributed by atoms with Gasteiger partial charge in [0.15, 0.2) is 0 Å². The van der Waals surface area contributed by atoms with Crippen LogP contribution in [-0.2, 0) is 11.3 Å². The molecular weight excluding hydrogens is 262 g/mol. The summed E-state index contributed by atoms with van der Waals surface area (Å²) in [5.41, 5.74) is 2.49. The van der Waals surface area contributed by atoms with Crippen LogP contribution in [0.5, 0.6) is 0 Å². The van der Waals surface area contributed by atoms with Crippen molar-refractivity contribution >= 4 is 5.91 Å². The number of hydrogen-bond donors (Lipinski definition) is 1. The van der Waals surface area contributed by atoms with Crippen LogP contribution in [0.1, 0.15) is 24.5 Å². The summed E-state index contributed by atoms with van der Waals surface area (Å²) in [4.78, 5) is 16.8. The van der Waals surface area contributed by atoms with Gasteiger partial charge in [0.25, 0.3) is 0 Å². The van der Waals surface area contributed by atoms with E-state index >= 15 is 0 Å². The van der Waals surface area contributed by atoms with Gasteiger partial charge in [-0.05, 0) is 44.5 Å². The fourth-order valence-corrected chi connectivity index (χ4v) is 2.72. The number of carbonyl (C=O) groups is 1. The van der Waals surface area contributed by atoms with E-state index in [0.717, 1.165) is 39.1 Å². The summed E-state index contributed by atoms with van der Waals surface area (Å²) in [5.74, 6) is 0.239. The van der Waals surface area contributed by atoms with E-state index < -0.39 is 0 Å². The molecule has 2 rings (SSSR count).